The highest BCUT2D eigenvalue weighted by atomic mass is 16.1. The van der Waals surface area contributed by atoms with Gasteiger partial charge in [-0.2, -0.15) is 9.78 Å². The van der Waals surface area contributed by atoms with Gasteiger partial charge in [-0.15, -0.1) is 5.10 Å². The second-order valence-electron chi connectivity index (χ2n) is 3.58. The lowest BCUT2D eigenvalue weighted by molar-refractivity contribution is -0.422. The van der Waals surface area contributed by atoms with Gasteiger partial charge in [0, 0.05) is 13.1 Å². The summed E-state index contributed by atoms with van der Waals surface area (Å²) >= 11 is 0. The van der Waals surface area contributed by atoms with E-state index in [0.29, 0.717) is 11.6 Å². The zero-order valence-electron chi connectivity index (χ0n) is 9.16. The van der Waals surface area contributed by atoms with Crippen LogP contribution in [-0.2, 0) is 7.05 Å². The summed E-state index contributed by atoms with van der Waals surface area (Å²) in [6.45, 7) is 1.92. The highest BCUT2D eigenvalue weighted by molar-refractivity contribution is 5.19. The Kier molecular flexibility index (Phi) is 2.53. The number of rotatable bonds is 2. The third-order valence-electron chi connectivity index (χ3n) is 2.18. The van der Waals surface area contributed by atoms with Crippen molar-refractivity contribution in [3.63, 3.8) is 0 Å². The zero-order chi connectivity index (χ0) is 11.7. The van der Waals surface area contributed by atoms with E-state index in [0.717, 1.165) is 0 Å². The maximum absolute atomic E-state index is 11.2. The first-order chi connectivity index (χ1) is 7.59. The first kappa shape index (κ1) is 10.5. The van der Waals surface area contributed by atoms with E-state index >= 15 is 0 Å². The Morgan fingerprint density at radius 3 is 2.81 bits per heavy atom. The maximum atomic E-state index is 11.2. The maximum Gasteiger partial charge on any atom is 0.266 e. The van der Waals surface area contributed by atoms with Crippen molar-refractivity contribution >= 4 is 0 Å². The molecule has 0 fully saturated rings. The van der Waals surface area contributed by atoms with Crippen molar-refractivity contribution in [3.05, 3.63) is 34.6 Å². The van der Waals surface area contributed by atoms with Crippen LogP contribution >= 0.6 is 0 Å². The lowest BCUT2D eigenvalue weighted by atomic mass is 10.3. The first-order valence-corrected chi connectivity index (χ1v) is 4.87. The minimum absolute atomic E-state index is 0.00142. The van der Waals surface area contributed by atoms with Gasteiger partial charge >= 0.3 is 0 Å². The molecule has 0 saturated heterocycles. The second kappa shape index (κ2) is 3.86. The summed E-state index contributed by atoms with van der Waals surface area (Å²) in [5.74, 6) is 1.27. The summed E-state index contributed by atoms with van der Waals surface area (Å²) in [4.78, 5) is 15.3. The molecular formula is C9H13N6O+. The van der Waals surface area contributed by atoms with Crippen molar-refractivity contribution in [2.45, 2.75) is 13.0 Å². The Balaban J connectivity index is 2.54. The van der Waals surface area contributed by atoms with Crippen molar-refractivity contribution in [1.29, 1.82) is 0 Å². The fraction of sp³-hybridized carbons (Fsp3) is 0.333. The highest BCUT2D eigenvalue weighted by Gasteiger charge is 2.14. The molecule has 2 heterocycles. The Hall–Kier alpha value is -2.02. The van der Waals surface area contributed by atoms with Gasteiger partial charge in [0.1, 0.15) is 12.4 Å². The molecule has 0 aliphatic heterocycles. The van der Waals surface area contributed by atoms with Crippen molar-refractivity contribution in [1.82, 2.24) is 24.5 Å². The van der Waals surface area contributed by atoms with Crippen LogP contribution in [0.15, 0.2) is 23.3 Å². The summed E-state index contributed by atoms with van der Waals surface area (Å²) in [6.07, 6.45) is 1.45. The minimum Gasteiger partial charge on any atom is -0.349 e. The zero-order valence-corrected chi connectivity index (χ0v) is 9.16. The molecule has 84 valence electrons. The lowest BCUT2D eigenvalue weighted by Gasteiger charge is -2.06. The van der Waals surface area contributed by atoms with Crippen LogP contribution in [-0.4, -0.2) is 24.5 Å². The van der Waals surface area contributed by atoms with Gasteiger partial charge in [0.15, 0.2) is 11.6 Å². The first-order valence-electron chi connectivity index (χ1n) is 4.87. The van der Waals surface area contributed by atoms with Crippen molar-refractivity contribution in [3.8, 4) is 5.82 Å². The van der Waals surface area contributed by atoms with Gasteiger partial charge < -0.3 is 5.73 Å². The Morgan fingerprint density at radius 2 is 2.19 bits per heavy atom. The molecule has 0 aliphatic carbocycles. The minimum atomic E-state index is -0.159. The summed E-state index contributed by atoms with van der Waals surface area (Å²) in [6, 6.07) is 3.06. The largest absolute Gasteiger partial charge is 0.349 e. The van der Waals surface area contributed by atoms with E-state index in [1.54, 1.807) is 17.8 Å². The molecule has 7 nitrogen and oxygen atoms in total. The SMILES string of the molecule is C[C@H]([NH3+])c1ncnn1-c1ccc(=O)n(C)n1. The fourth-order valence-corrected chi connectivity index (χ4v) is 1.37. The highest BCUT2D eigenvalue weighted by Crippen LogP contribution is 2.07. The molecule has 0 bridgehead atoms. The van der Waals surface area contributed by atoms with Crippen LogP contribution < -0.4 is 11.3 Å². The van der Waals surface area contributed by atoms with E-state index in [9.17, 15) is 4.79 Å². The normalized spacial score (nSPS) is 12.7. The Morgan fingerprint density at radius 1 is 1.44 bits per heavy atom. The fourth-order valence-electron chi connectivity index (χ4n) is 1.37. The molecular weight excluding hydrogens is 208 g/mol. The molecule has 1 atom stereocenters. The van der Waals surface area contributed by atoms with Crippen molar-refractivity contribution < 1.29 is 5.73 Å². The van der Waals surface area contributed by atoms with E-state index in [1.165, 1.54) is 17.1 Å². The Bertz CT molecular complexity index is 555. The molecule has 0 spiro atoms. The van der Waals surface area contributed by atoms with E-state index in [-0.39, 0.29) is 11.6 Å². The number of aromatic nitrogens is 5. The Labute approximate surface area is 91.5 Å². The molecule has 16 heavy (non-hydrogen) atoms. The average molecular weight is 221 g/mol. The van der Waals surface area contributed by atoms with E-state index < -0.39 is 0 Å². The third-order valence-corrected chi connectivity index (χ3v) is 2.18. The molecule has 2 rings (SSSR count). The van der Waals surface area contributed by atoms with Gasteiger partial charge in [-0.25, -0.2) is 9.67 Å². The molecule has 7 heteroatoms. The molecule has 0 aromatic carbocycles. The van der Waals surface area contributed by atoms with Gasteiger partial charge in [-0.3, -0.25) is 4.79 Å². The van der Waals surface area contributed by atoms with E-state index in [2.05, 4.69) is 20.9 Å². The summed E-state index contributed by atoms with van der Waals surface area (Å²) in [7, 11) is 1.59. The van der Waals surface area contributed by atoms with Crippen LogP contribution in [0.4, 0.5) is 0 Å². The molecule has 3 N–H and O–H groups in total. The topological polar surface area (TPSA) is 93.2 Å². The van der Waals surface area contributed by atoms with Crippen molar-refractivity contribution in [2.75, 3.05) is 0 Å². The van der Waals surface area contributed by atoms with Crippen LogP contribution in [0.5, 0.6) is 0 Å². The van der Waals surface area contributed by atoms with Gasteiger partial charge in [-0.1, -0.05) is 0 Å². The van der Waals surface area contributed by atoms with Gasteiger partial charge in [0.25, 0.3) is 5.56 Å². The molecule has 2 aromatic heterocycles. The molecule has 0 unspecified atom stereocenters. The van der Waals surface area contributed by atoms with Gasteiger partial charge in [0.2, 0.25) is 0 Å². The molecule has 0 amide bonds. The summed E-state index contributed by atoms with van der Waals surface area (Å²) < 4.78 is 2.84. The molecule has 0 saturated carbocycles. The smallest absolute Gasteiger partial charge is 0.266 e. The van der Waals surface area contributed by atoms with E-state index in [1.807, 2.05) is 6.92 Å². The average Bonchev–Trinajstić information content (AvgIpc) is 2.71. The van der Waals surface area contributed by atoms with Gasteiger partial charge in [-0.05, 0) is 13.0 Å². The summed E-state index contributed by atoms with van der Waals surface area (Å²) in [5.41, 5.74) is 3.73. The molecule has 0 radical (unpaired) electrons. The second-order valence-corrected chi connectivity index (χ2v) is 3.58. The quantitative estimate of drug-likeness (QED) is 0.679. The number of nitrogens with zero attached hydrogens (tertiary/aromatic N) is 5. The number of aryl methyl sites for hydroxylation is 1. The lowest BCUT2D eigenvalue weighted by Crippen LogP contribution is -2.52. The van der Waals surface area contributed by atoms with Crippen molar-refractivity contribution in [2.24, 2.45) is 7.05 Å². The number of hydrogen-bond acceptors (Lipinski definition) is 4. The molecule has 0 aliphatic rings. The predicted molar refractivity (Wildman–Crippen MR) is 55.7 cm³/mol. The van der Waals surface area contributed by atoms with Crippen LogP contribution in [0, 0.1) is 0 Å². The summed E-state index contributed by atoms with van der Waals surface area (Å²) in [5, 5.41) is 8.16. The van der Waals surface area contributed by atoms with Gasteiger partial charge in [0.05, 0.1) is 0 Å². The van der Waals surface area contributed by atoms with Crippen LogP contribution in [0.3, 0.4) is 0 Å². The van der Waals surface area contributed by atoms with Crippen LogP contribution in [0.1, 0.15) is 18.8 Å². The predicted octanol–water partition coefficient (Wildman–Crippen LogP) is -1.34. The standard InChI is InChI=1S/C9H12N6O/c1-6(10)9-11-5-12-15(9)7-3-4-8(16)14(2)13-7/h3-6H,10H2,1-2H3/p+1/t6-/m0/s1. The number of hydrogen-bond donors (Lipinski definition) is 1. The van der Waals surface area contributed by atoms with E-state index in [4.69, 9.17) is 0 Å². The van der Waals surface area contributed by atoms with Crippen LogP contribution in [0.2, 0.25) is 0 Å². The molecule has 2 aromatic rings. The van der Waals surface area contributed by atoms with Crippen LogP contribution in [0.25, 0.3) is 5.82 Å². The third kappa shape index (κ3) is 1.72. The monoisotopic (exact) mass is 221 g/mol. The number of quaternary nitrogens is 1.